The number of halogens is 4. The van der Waals surface area contributed by atoms with Gasteiger partial charge in [-0.25, -0.2) is 9.67 Å². The van der Waals surface area contributed by atoms with Gasteiger partial charge in [0.05, 0.1) is 12.2 Å². The zero-order valence-corrected chi connectivity index (χ0v) is 14.8. The maximum absolute atomic E-state index is 12.9. The van der Waals surface area contributed by atoms with E-state index in [9.17, 15) is 18.0 Å². The number of anilines is 1. The number of nitrogens with zero attached hydrogens (tertiary/aromatic N) is 5. The maximum atomic E-state index is 12.9. The average Bonchev–Trinajstić information content (AvgIpc) is 3.15. The van der Waals surface area contributed by atoms with E-state index in [2.05, 4.69) is 20.5 Å². The standard InChI is InChI=1S/C16H14ClF3N6O/c1-10-6-13(16(18,19)20)26(23-10)8-14(27)22-15-21-9-25(24-15)7-11-2-4-12(17)5-3-11/h2-6,9H,7-8H2,1H3,(H,22,24,27). The van der Waals surface area contributed by atoms with Crippen LogP contribution < -0.4 is 5.32 Å². The number of aromatic nitrogens is 5. The third kappa shape index (κ3) is 4.85. The maximum Gasteiger partial charge on any atom is 0.433 e. The van der Waals surface area contributed by atoms with E-state index < -0.39 is 24.3 Å². The molecule has 0 saturated carbocycles. The average molecular weight is 399 g/mol. The van der Waals surface area contributed by atoms with Gasteiger partial charge < -0.3 is 0 Å². The minimum absolute atomic E-state index is 0.00796. The van der Waals surface area contributed by atoms with Crippen molar-refractivity contribution in [2.24, 2.45) is 0 Å². The topological polar surface area (TPSA) is 77.6 Å². The van der Waals surface area contributed by atoms with Crippen LogP contribution in [0.5, 0.6) is 0 Å². The number of nitrogens with one attached hydrogen (secondary N) is 1. The normalized spacial score (nSPS) is 11.6. The van der Waals surface area contributed by atoms with Crippen LogP contribution in [0.25, 0.3) is 0 Å². The van der Waals surface area contributed by atoms with E-state index in [0.717, 1.165) is 11.6 Å². The van der Waals surface area contributed by atoms with Crippen LogP contribution in [0, 0.1) is 6.92 Å². The first-order valence-electron chi connectivity index (χ1n) is 7.76. The van der Waals surface area contributed by atoms with E-state index in [0.29, 0.717) is 16.2 Å². The Balaban J connectivity index is 1.64. The molecule has 2 aromatic heterocycles. The molecule has 0 saturated heterocycles. The molecule has 7 nitrogen and oxygen atoms in total. The highest BCUT2D eigenvalue weighted by molar-refractivity contribution is 6.30. The quantitative estimate of drug-likeness (QED) is 0.716. The molecule has 11 heteroatoms. The van der Waals surface area contributed by atoms with Gasteiger partial charge in [0.15, 0.2) is 0 Å². The number of carbonyl (C=O) groups excluding carboxylic acids is 1. The summed E-state index contributed by atoms with van der Waals surface area (Å²) in [6.45, 7) is 1.22. The van der Waals surface area contributed by atoms with Crippen LogP contribution in [0.2, 0.25) is 5.02 Å². The Bertz CT molecular complexity index is 948. The molecule has 0 aliphatic carbocycles. The van der Waals surface area contributed by atoms with Crippen LogP contribution in [0.3, 0.4) is 0 Å². The van der Waals surface area contributed by atoms with Crippen LogP contribution in [-0.4, -0.2) is 30.5 Å². The highest BCUT2D eigenvalue weighted by Crippen LogP contribution is 2.29. The van der Waals surface area contributed by atoms with Crippen molar-refractivity contribution in [2.45, 2.75) is 26.2 Å². The lowest BCUT2D eigenvalue weighted by atomic mass is 10.2. The summed E-state index contributed by atoms with van der Waals surface area (Å²) < 4.78 is 40.9. The van der Waals surface area contributed by atoms with Crippen molar-refractivity contribution in [3.05, 3.63) is 58.6 Å². The van der Waals surface area contributed by atoms with Gasteiger partial charge in [0, 0.05) is 5.02 Å². The molecule has 0 unspecified atom stereocenters. The molecule has 0 atom stereocenters. The molecule has 27 heavy (non-hydrogen) atoms. The van der Waals surface area contributed by atoms with Crippen LogP contribution in [-0.2, 0) is 24.1 Å². The third-order valence-corrected chi connectivity index (χ3v) is 3.78. The first kappa shape index (κ1) is 18.9. The lowest BCUT2D eigenvalue weighted by molar-refractivity contribution is -0.144. The molecule has 0 spiro atoms. The Morgan fingerprint density at radius 3 is 2.59 bits per heavy atom. The van der Waals surface area contributed by atoms with Gasteiger partial charge in [-0.05, 0) is 30.7 Å². The number of amides is 1. The van der Waals surface area contributed by atoms with Crippen molar-refractivity contribution in [3.63, 3.8) is 0 Å². The molecule has 142 valence electrons. The summed E-state index contributed by atoms with van der Waals surface area (Å²) >= 11 is 5.82. The van der Waals surface area contributed by atoms with Crippen molar-refractivity contribution in [2.75, 3.05) is 5.32 Å². The van der Waals surface area contributed by atoms with Crippen LogP contribution in [0.1, 0.15) is 17.0 Å². The van der Waals surface area contributed by atoms with Crippen LogP contribution >= 0.6 is 11.6 Å². The number of hydrogen-bond acceptors (Lipinski definition) is 4. The van der Waals surface area contributed by atoms with E-state index in [1.807, 2.05) is 12.1 Å². The van der Waals surface area contributed by atoms with E-state index in [1.54, 1.807) is 12.1 Å². The lowest BCUT2D eigenvalue weighted by Gasteiger charge is -2.09. The SMILES string of the molecule is Cc1cc(C(F)(F)F)n(CC(=O)Nc2ncn(Cc3ccc(Cl)cc3)n2)n1. The monoisotopic (exact) mass is 398 g/mol. The number of rotatable bonds is 5. The van der Waals surface area contributed by atoms with Gasteiger partial charge >= 0.3 is 6.18 Å². The molecule has 3 rings (SSSR count). The smallest absolute Gasteiger partial charge is 0.292 e. The van der Waals surface area contributed by atoms with Gasteiger partial charge in [0.25, 0.3) is 0 Å². The zero-order valence-electron chi connectivity index (χ0n) is 14.0. The van der Waals surface area contributed by atoms with E-state index in [-0.39, 0.29) is 11.6 Å². The predicted molar refractivity (Wildman–Crippen MR) is 91.2 cm³/mol. The molecular formula is C16H14ClF3N6O. The molecular weight excluding hydrogens is 385 g/mol. The van der Waals surface area contributed by atoms with Gasteiger partial charge in [0.1, 0.15) is 18.6 Å². The molecule has 1 aromatic carbocycles. The van der Waals surface area contributed by atoms with Crippen molar-refractivity contribution < 1.29 is 18.0 Å². The fourth-order valence-electron chi connectivity index (χ4n) is 2.40. The number of hydrogen-bond donors (Lipinski definition) is 1. The summed E-state index contributed by atoms with van der Waals surface area (Å²) in [6, 6.07) is 8.00. The molecule has 0 bridgehead atoms. The molecule has 0 aliphatic heterocycles. The lowest BCUT2D eigenvalue weighted by Crippen LogP contribution is -2.24. The minimum atomic E-state index is -4.60. The van der Waals surface area contributed by atoms with Gasteiger partial charge in [0.2, 0.25) is 11.9 Å². The molecule has 2 heterocycles. The summed E-state index contributed by atoms with van der Waals surface area (Å²) in [5.74, 6) is -0.723. The van der Waals surface area contributed by atoms with Gasteiger partial charge in [-0.1, -0.05) is 23.7 Å². The van der Waals surface area contributed by atoms with Crippen molar-refractivity contribution in [1.29, 1.82) is 0 Å². The first-order chi connectivity index (χ1) is 12.7. The number of benzene rings is 1. The Kier molecular flexibility index (Phi) is 5.17. The van der Waals surface area contributed by atoms with E-state index >= 15 is 0 Å². The first-order valence-corrected chi connectivity index (χ1v) is 8.14. The minimum Gasteiger partial charge on any atom is -0.292 e. The number of aryl methyl sites for hydroxylation is 1. The fourth-order valence-corrected chi connectivity index (χ4v) is 2.53. The van der Waals surface area contributed by atoms with Crippen molar-refractivity contribution in [3.8, 4) is 0 Å². The fraction of sp³-hybridized carbons (Fsp3) is 0.250. The highest BCUT2D eigenvalue weighted by atomic mass is 35.5. The second kappa shape index (κ2) is 7.39. The van der Waals surface area contributed by atoms with Crippen molar-refractivity contribution in [1.82, 2.24) is 24.5 Å². The van der Waals surface area contributed by atoms with Crippen LogP contribution in [0.15, 0.2) is 36.7 Å². The predicted octanol–water partition coefficient (Wildman–Crippen LogP) is 3.14. The molecule has 1 amide bonds. The van der Waals surface area contributed by atoms with Crippen molar-refractivity contribution >= 4 is 23.5 Å². The van der Waals surface area contributed by atoms with Gasteiger partial charge in [-0.2, -0.15) is 18.3 Å². The van der Waals surface area contributed by atoms with Crippen LogP contribution in [0.4, 0.5) is 19.1 Å². The summed E-state index contributed by atoms with van der Waals surface area (Å²) in [6.07, 6.45) is -3.19. The molecule has 0 radical (unpaired) electrons. The second-order valence-electron chi connectivity index (χ2n) is 5.77. The Morgan fingerprint density at radius 1 is 1.22 bits per heavy atom. The number of carbonyl (C=O) groups is 1. The van der Waals surface area contributed by atoms with Gasteiger partial charge in [-0.15, -0.1) is 5.10 Å². The largest absolute Gasteiger partial charge is 0.433 e. The zero-order chi connectivity index (χ0) is 19.6. The molecule has 3 aromatic rings. The Morgan fingerprint density at radius 2 is 1.93 bits per heavy atom. The molecule has 1 N–H and O–H groups in total. The second-order valence-corrected chi connectivity index (χ2v) is 6.20. The van der Waals surface area contributed by atoms with E-state index in [4.69, 9.17) is 11.6 Å². The summed E-state index contributed by atoms with van der Waals surface area (Å²) in [7, 11) is 0. The third-order valence-electron chi connectivity index (χ3n) is 3.53. The Hall–Kier alpha value is -2.88. The molecule has 0 fully saturated rings. The summed E-state index contributed by atoms with van der Waals surface area (Å²) in [4.78, 5) is 16.0. The van der Waals surface area contributed by atoms with E-state index in [1.165, 1.54) is 17.9 Å². The highest BCUT2D eigenvalue weighted by Gasteiger charge is 2.35. The number of alkyl halides is 3. The summed E-state index contributed by atoms with van der Waals surface area (Å²) in [5, 5.41) is 10.8. The van der Waals surface area contributed by atoms with Gasteiger partial charge in [-0.3, -0.25) is 14.8 Å². The summed E-state index contributed by atoms with van der Waals surface area (Å²) in [5.41, 5.74) is 0.0980. The molecule has 0 aliphatic rings. The Labute approximate surface area is 156 Å².